The van der Waals surface area contributed by atoms with Gasteiger partial charge in [-0.15, -0.1) is 0 Å². The molecule has 116 valence electrons. The molecular formula is C16H19N3O2S. The number of hydrogen-bond donors (Lipinski definition) is 1. The van der Waals surface area contributed by atoms with E-state index in [1.807, 2.05) is 46.8 Å². The van der Waals surface area contributed by atoms with Crippen LogP contribution >= 0.6 is 0 Å². The molecule has 0 bridgehead atoms. The van der Waals surface area contributed by atoms with Crippen LogP contribution in [0.25, 0.3) is 0 Å². The van der Waals surface area contributed by atoms with Crippen molar-refractivity contribution < 1.29 is 8.95 Å². The number of pyridine rings is 1. The molecule has 1 aliphatic rings. The zero-order chi connectivity index (χ0) is 15.2. The summed E-state index contributed by atoms with van der Waals surface area (Å²) in [6, 6.07) is 13.3. The van der Waals surface area contributed by atoms with Gasteiger partial charge >= 0.3 is 0 Å². The summed E-state index contributed by atoms with van der Waals surface area (Å²) in [7, 11) is -1.16. The van der Waals surface area contributed by atoms with E-state index in [1.54, 1.807) is 12.4 Å². The van der Waals surface area contributed by atoms with Gasteiger partial charge in [-0.2, -0.15) is 0 Å². The fourth-order valence-electron chi connectivity index (χ4n) is 2.40. The maximum absolute atomic E-state index is 12.8. The summed E-state index contributed by atoms with van der Waals surface area (Å²) in [6.07, 6.45) is 3.40. The topological polar surface area (TPSA) is 54.5 Å². The van der Waals surface area contributed by atoms with Crippen molar-refractivity contribution in [1.82, 2.24) is 14.6 Å². The Hall–Kier alpha value is -1.76. The van der Waals surface area contributed by atoms with Gasteiger partial charge in [-0.05, 0) is 24.3 Å². The molecule has 22 heavy (non-hydrogen) atoms. The molecule has 1 saturated heterocycles. The van der Waals surface area contributed by atoms with Gasteiger partial charge < -0.3 is 10.1 Å². The molecule has 2 heterocycles. The van der Waals surface area contributed by atoms with E-state index in [-0.39, 0.29) is 6.04 Å². The second-order valence-electron chi connectivity index (χ2n) is 5.06. The Labute approximate surface area is 132 Å². The summed E-state index contributed by atoms with van der Waals surface area (Å²) in [5, 5.41) is 3.34. The van der Waals surface area contributed by atoms with E-state index in [0.717, 1.165) is 30.3 Å². The highest BCUT2D eigenvalue weighted by Crippen LogP contribution is 2.16. The zero-order valence-electron chi connectivity index (χ0n) is 12.2. The minimum atomic E-state index is -1.16. The molecule has 0 spiro atoms. The molecule has 1 aromatic heterocycles. The van der Waals surface area contributed by atoms with E-state index in [4.69, 9.17) is 4.74 Å². The van der Waals surface area contributed by atoms with Gasteiger partial charge in [0.05, 0.1) is 17.1 Å². The number of aromatic nitrogens is 1. The van der Waals surface area contributed by atoms with E-state index in [9.17, 15) is 4.21 Å². The second-order valence-corrected chi connectivity index (χ2v) is 6.50. The van der Waals surface area contributed by atoms with Crippen LogP contribution in [0.3, 0.4) is 0 Å². The molecule has 2 aromatic rings. The largest absolute Gasteiger partial charge is 0.490 e. The minimum absolute atomic E-state index is 0.0648. The first-order valence-electron chi connectivity index (χ1n) is 7.32. The molecule has 0 aliphatic carbocycles. The lowest BCUT2D eigenvalue weighted by atomic mass is 10.2. The molecule has 0 radical (unpaired) electrons. The van der Waals surface area contributed by atoms with Crippen molar-refractivity contribution in [3.05, 3.63) is 54.9 Å². The average Bonchev–Trinajstić information content (AvgIpc) is 2.61. The van der Waals surface area contributed by atoms with Gasteiger partial charge in [-0.1, -0.05) is 18.2 Å². The molecular weight excluding hydrogens is 298 g/mol. The molecule has 0 amide bonds. The fraction of sp³-hybridized carbons (Fsp3) is 0.312. The summed E-state index contributed by atoms with van der Waals surface area (Å²) < 4.78 is 20.5. The van der Waals surface area contributed by atoms with Crippen LogP contribution in [0.2, 0.25) is 0 Å². The molecule has 1 aliphatic heterocycles. The number of benzene rings is 1. The average molecular weight is 317 g/mol. The number of ether oxygens (including phenoxy) is 1. The maximum Gasteiger partial charge on any atom is 0.137 e. The van der Waals surface area contributed by atoms with Crippen LogP contribution < -0.4 is 10.1 Å². The highest BCUT2D eigenvalue weighted by molar-refractivity contribution is 7.82. The van der Waals surface area contributed by atoms with E-state index in [2.05, 4.69) is 10.3 Å². The van der Waals surface area contributed by atoms with Crippen LogP contribution in [-0.2, 0) is 11.0 Å². The first-order valence-corrected chi connectivity index (χ1v) is 8.42. The lowest BCUT2D eigenvalue weighted by molar-refractivity contribution is 0.184. The number of hydrogen-bond acceptors (Lipinski definition) is 4. The fourth-order valence-corrected chi connectivity index (χ4v) is 3.72. The van der Waals surface area contributed by atoms with Crippen LogP contribution in [0.5, 0.6) is 5.75 Å². The van der Waals surface area contributed by atoms with Gasteiger partial charge in [0.2, 0.25) is 0 Å². The molecule has 1 N–H and O–H groups in total. The predicted octanol–water partition coefficient (Wildman–Crippen LogP) is 1.46. The van der Waals surface area contributed by atoms with Gasteiger partial charge in [0, 0.05) is 25.8 Å². The van der Waals surface area contributed by atoms with Crippen molar-refractivity contribution in [2.24, 2.45) is 0 Å². The van der Waals surface area contributed by atoms with Gasteiger partial charge in [0.25, 0.3) is 0 Å². The first-order chi connectivity index (χ1) is 10.8. The second kappa shape index (κ2) is 7.49. The van der Waals surface area contributed by atoms with Crippen LogP contribution in [0.15, 0.2) is 59.8 Å². The SMILES string of the molecule is O=S(c1ccccc1)N1CCNCC1COc1cccnc1. The third-order valence-electron chi connectivity index (χ3n) is 3.53. The highest BCUT2D eigenvalue weighted by atomic mass is 32.2. The van der Waals surface area contributed by atoms with Crippen molar-refractivity contribution in [3.8, 4) is 5.75 Å². The first kappa shape index (κ1) is 15.1. The summed E-state index contributed by atoms with van der Waals surface area (Å²) in [5.41, 5.74) is 0. The van der Waals surface area contributed by atoms with Crippen molar-refractivity contribution in [3.63, 3.8) is 0 Å². The maximum atomic E-state index is 12.8. The van der Waals surface area contributed by atoms with Crippen molar-refractivity contribution in [1.29, 1.82) is 0 Å². The molecule has 0 saturated carbocycles. The smallest absolute Gasteiger partial charge is 0.137 e. The van der Waals surface area contributed by atoms with Gasteiger partial charge in [-0.3, -0.25) is 4.98 Å². The standard InChI is InChI=1S/C16H19N3O2S/c20-22(16-6-2-1-3-7-16)19-10-9-18-11-14(19)13-21-15-5-4-8-17-12-15/h1-8,12,14,18H,9-11,13H2. The molecule has 1 aromatic carbocycles. The monoisotopic (exact) mass is 317 g/mol. The lowest BCUT2D eigenvalue weighted by Gasteiger charge is -2.34. The van der Waals surface area contributed by atoms with E-state index in [1.165, 1.54) is 0 Å². The predicted molar refractivity (Wildman–Crippen MR) is 85.9 cm³/mol. The van der Waals surface area contributed by atoms with E-state index in [0.29, 0.717) is 6.61 Å². The number of nitrogens with one attached hydrogen (secondary N) is 1. The number of rotatable bonds is 5. The minimum Gasteiger partial charge on any atom is -0.490 e. The van der Waals surface area contributed by atoms with Crippen molar-refractivity contribution >= 4 is 11.0 Å². The van der Waals surface area contributed by atoms with Crippen molar-refractivity contribution in [2.75, 3.05) is 26.2 Å². The van der Waals surface area contributed by atoms with Crippen LogP contribution in [0.1, 0.15) is 0 Å². The van der Waals surface area contributed by atoms with Gasteiger partial charge in [-0.25, -0.2) is 8.51 Å². The van der Waals surface area contributed by atoms with Gasteiger partial charge in [0.15, 0.2) is 0 Å². The molecule has 2 atom stereocenters. The molecule has 6 heteroatoms. The van der Waals surface area contributed by atoms with Gasteiger partial charge in [0.1, 0.15) is 23.3 Å². The normalized spacial score (nSPS) is 20.5. The summed E-state index contributed by atoms with van der Waals surface area (Å²) in [6.45, 7) is 2.82. The van der Waals surface area contributed by atoms with E-state index < -0.39 is 11.0 Å². The molecule has 5 nitrogen and oxygen atoms in total. The van der Waals surface area contributed by atoms with Crippen molar-refractivity contribution in [2.45, 2.75) is 10.9 Å². The molecule has 2 unspecified atom stereocenters. The molecule has 3 rings (SSSR count). The quantitative estimate of drug-likeness (QED) is 0.907. The summed E-state index contributed by atoms with van der Waals surface area (Å²) in [4.78, 5) is 4.87. The Bertz CT molecular complexity index is 609. The Kier molecular flexibility index (Phi) is 5.15. The Morgan fingerprint density at radius 3 is 2.91 bits per heavy atom. The number of nitrogens with zero attached hydrogens (tertiary/aromatic N) is 2. The van der Waals surface area contributed by atoms with Crippen LogP contribution in [0.4, 0.5) is 0 Å². The Balaban J connectivity index is 1.67. The summed E-state index contributed by atoms with van der Waals surface area (Å²) in [5.74, 6) is 0.735. The zero-order valence-corrected chi connectivity index (χ0v) is 13.0. The highest BCUT2D eigenvalue weighted by Gasteiger charge is 2.28. The van der Waals surface area contributed by atoms with E-state index >= 15 is 0 Å². The lowest BCUT2D eigenvalue weighted by Crippen LogP contribution is -2.54. The third-order valence-corrected chi connectivity index (χ3v) is 5.11. The van der Waals surface area contributed by atoms with Crippen LogP contribution in [0, 0.1) is 0 Å². The summed E-state index contributed by atoms with van der Waals surface area (Å²) >= 11 is 0. The molecule has 1 fully saturated rings. The number of piperazine rings is 1. The van der Waals surface area contributed by atoms with Crippen LogP contribution in [-0.4, -0.2) is 45.8 Å². The Morgan fingerprint density at radius 1 is 1.27 bits per heavy atom. The third kappa shape index (κ3) is 3.71. The Morgan fingerprint density at radius 2 is 2.14 bits per heavy atom.